The highest BCUT2D eigenvalue weighted by atomic mass is 16.5. The predicted octanol–water partition coefficient (Wildman–Crippen LogP) is 1.86. The molecule has 18 heavy (non-hydrogen) atoms. The van der Waals surface area contributed by atoms with Crippen molar-refractivity contribution >= 4 is 5.91 Å². The highest BCUT2D eigenvalue weighted by molar-refractivity contribution is 5.77. The number of hydrogen-bond acceptors (Lipinski definition) is 3. The summed E-state index contributed by atoms with van der Waals surface area (Å²) in [6.45, 7) is 5.27. The van der Waals surface area contributed by atoms with Crippen LogP contribution in [0.15, 0.2) is 0 Å². The summed E-state index contributed by atoms with van der Waals surface area (Å²) in [6.07, 6.45) is 5.82. The average molecular weight is 257 g/mol. The Morgan fingerprint density at radius 1 is 1.39 bits per heavy atom. The van der Waals surface area contributed by atoms with Crippen LogP contribution in [0.4, 0.5) is 0 Å². The molecule has 0 atom stereocenters. The lowest BCUT2D eigenvalue weighted by Gasteiger charge is -2.35. The van der Waals surface area contributed by atoms with E-state index in [0.717, 1.165) is 38.0 Å². The first-order valence-corrected chi connectivity index (χ1v) is 7.16. The molecule has 0 unspecified atom stereocenters. The highest BCUT2D eigenvalue weighted by Gasteiger charge is 2.32. The Labute approximate surface area is 110 Å². The molecule has 0 aliphatic heterocycles. The molecular weight excluding hydrogens is 230 g/mol. The van der Waals surface area contributed by atoms with Gasteiger partial charge in [-0.3, -0.25) is 4.79 Å². The molecular formula is C14H27NO3. The van der Waals surface area contributed by atoms with Crippen LogP contribution in [0.5, 0.6) is 0 Å². The van der Waals surface area contributed by atoms with E-state index < -0.39 is 5.60 Å². The number of amides is 1. The summed E-state index contributed by atoms with van der Waals surface area (Å²) in [5, 5.41) is 13.1. The lowest BCUT2D eigenvalue weighted by Crippen LogP contribution is -2.46. The Hall–Kier alpha value is -0.610. The fourth-order valence-corrected chi connectivity index (χ4v) is 2.42. The molecule has 106 valence electrons. The van der Waals surface area contributed by atoms with E-state index in [4.69, 9.17) is 4.74 Å². The largest absolute Gasteiger partial charge is 0.388 e. The fraction of sp³-hybridized carbons (Fsp3) is 0.929. The van der Waals surface area contributed by atoms with E-state index in [0.29, 0.717) is 13.2 Å². The third-order valence-electron chi connectivity index (χ3n) is 3.81. The molecule has 1 saturated carbocycles. The van der Waals surface area contributed by atoms with Crippen LogP contribution in [0.25, 0.3) is 0 Å². The SMILES string of the molecule is CCCOCC(=O)NCC1(O)CCC(CC)CC1. The third kappa shape index (κ3) is 5.36. The van der Waals surface area contributed by atoms with Crippen LogP contribution in [0, 0.1) is 5.92 Å². The molecule has 0 spiro atoms. The zero-order valence-corrected chi connectivity index (χ0v) is 11.7. The summed E-state index contributed by atoms with van der Waals surface area (Å²) in [7, 11) is 0. The molecule has 0 aromatic rings. The fourth-order valence-electron chi connectivity index (χ4n) is 2.42. The van der Waals surface area contributed by atoms with Crippen LogP contribution >= 0.6 is 0 Å². The highest BCUT2D eigenvalue weighted by Crippen LogP contribution is 2.33. The Morgan fingerprint density at radius 2 is 2.06 bits per heavy atom. The first kappa shape index (κ1) is 15.4. The topological polar surface area (TPSA) is 58.6 Å². The third-order valence-corrected chi connectivity index (χ3v) is 3.81. The molecule has 0 aromatic carbocycles. The molecule has 4 nitrogen and oxygen atoms in total. The van der Waals surface area contributed by atoms with E-state index in [1.807, 2.05) is 6.92 Å². The van der Waals surface area contributed by atoms with Crippen molar-refractivity contribution < 1.29 is 14.6 Å². The van der Waals surface area contributed by atoms with Gasteiger partial charge < -0.3 is 15.2 Å². The summed E-state index contributed by atoms with van der Waals surface area (Å²) in [4.78, 5) is 11.5. The van der Waals surface area contributed by atoms with Gasteiger partial charge >= 0.3 is 0 Å². The van der Waals surface area contributed by atoms with Gasteiger partial charge in [0.25, 0.3) is 0 Å². The van der Waals surface area contributed by atoms with Gasteiger partial charge in [0.05, 0.1) is 5.60 Å². The molecule has 1 rings (SSSR count). The molecule has 0 aromatic heterocycles. The zero-order chi connectivity index (χ0) is 13.4. The second kappa shape index (κ2) is 7.74. The number of aliphatic hydroxyl groups is 1. The summed E-state index contributed by atoms with van der Waals surface area (Å²) in [5.41, 5.74) is -0.702. The number of rotatable bonds is 7. The number of hydrogen-bond donors (Lipinski definition) is 2. The molecule has 1 amide bonds. The molecule has 1 aliphatic rings. The Balaban J connectivity index is 2.19. The zero-order valence-electron chi connectivity index (χ0n) is 11.7. The van der Waals surface area contributed by atoms with E-state index in [1.165, 1.54) is 6.42 Å². The van der Waals surface area contributed by atoms with E-state index in [9.17, 15) is 9.90 Å². The van der Waals surface area contributed by atoms with E-state index in [1.54, 1.807) is 0 Å². The standard InChI is InChI=1S/C14H27NO3/c1-3-9-18-10-13(16)15-11-14(17)7-5-12(4-2)6-8-14/h12,17H,3-11H2,1-2H3,(H,15,16). The Kier molecular flexibility index (Phi) is 6.65. The van der Waals surface area contributed by atoms with Gasteiger partial charge in [-0.25, -0.2) is 0 Å². The average Bonchev–Trinajstić information content (AvgIpc) is 2.38. The van der Waals surface area contributed by atoms with Crippen molar-refractivity contribution in [2.24, 2.45) is 5.92 Å². The lowest BCUT2D eigenvalue weighted by atomic mass is 9.78. The first-order chi connectivity index (χ1) is 8.59. The van der Waals surface area contributed by atoms with Gasteiger partial charge in [0.15, 0.2) is 0 Å². The van der Waals surface area contributed by atoms with Crippen molar-refractivity contribution in [1.82, 2.24) is 5.32 Å². The van der Waals surface area contributed by atoms with Crippen molar-refractivity contribution in [3.63, 3.8) is 0 Å². The normalized spacial score (nSPS) is 28.1. The van der Waals surface area contributed by atoms with Crippen LogP contribution in [0.2, 0.25) is 0 Å². The quantitative estimate of drug-likeness (QED) is 0.684. The van der Waals surface area contributed by atoms with Gasteiger partial charge in [0.2, 0.25) is 5.91 Å². The monoisotopic (exact) mass is 257 g/mol. The van der Waals surface area contributed by atoms with Gasteiger partial charge in [-0.2, -0.15) is 0 Å². The molecule has 4 heteroatoms. The Morgan fingerprint density at radius 3 is 2.61 bits per heavy atom. The van der Waals surface area contributed by atoms with Crippen LogP contribution < -0.4 is 5.32 Å². The number of carbonyl (C=O) groups is 1. The molecule has 0 radical (unpaired) electrons. The summed E-state index contributed by atoms with van der Waals surface area (Å²) < 4.78 is 5.16. The van der Waals surface area contributed by atoms with Crippen molar-refractivity contribution in [3.8, 4) is 0 Å². The minimum Gasteiger partial charge on any atom is -0.388 e. The van der Waals surface area contributed by atoms with E-state index in [-0.39, 0.29) is 12.5 Å². The second-order valence-electron chi connectivity index (χ2n) is 5.41. The van der Waals surface area contributed by atoms with Crippen molar-refractivity contribution in [2.45, 2.75) is 58.0 Å². The minimum atomic E-state index is -0.702. The van der Waals surface area contributed by atoms with E-state index in [2.05, 4.69) is 12.2 Å². The van der Waals surface area contributed by atoms with Gasteiger partial charge in [-0.1, -0.05) is 20.3 Å². The number of ether oxygens (including phenoxy) is 1. The molecule has 0 bridgehead atoms. The maximum absolute atomic E-state index is 11.5. The lowest BCUT2D eigenvalue weighted by molar-refractivity contribution is -0.127. The smallest absolute Gasteiger partial charge is 0.246 e. The van der Waals surface area contributed by atoms with Crippen LogP contribution in [0.3, 0.4) is 0 Å². The molecule has 1 fully saturated rings. The molecule has 0 heterocycles. The second-order valence-corrected chi connectivity index (χ2v) is 5.41. The maximum Gasteiger partial charge on any atom is 0.246 e. The van der Waals surface area contributed by atoms with E-state index >= 15 is 0 Å². The first-order valence-electron chi connectivity index (χ1n) is 7.16. The van der Waals surface area contributed by atoms with Crippen LogP contribution in [-0.4, -0.2) is 36.4 Å². The van der Waals surface area contributed by atoms with Gasteiger partial charge in [-0.15, -0.1) is 0 Å². The summed E-state index contributed by atoms with van der Waals surface area (Å²) in [6, 6.07) is 0. The van der Waals surface area contributed by atoms with Crippen LogP contribution in [-0.2, 0) is 9.53 Å². The summed E-state index contributed by atoms with van der Waals surface area (Å²) >= 11 is 0. The van der Waals surface area contributed by atoms with Crippen molar-refractivity contribution in [2.75, 3.05) is 19.8 Å². The Bertz CT molecular complexity index is 247. The molecule has 2 N–H and O–H groups in total. The number of carbonyl (C=O) groups excluding carboxylic acids is 1. The van der Waals surface area contributed by atoms with Gasteiger partial charge in [-0.05, 0) is 38.0 Å². The van der Waals surface area contributed by atoms with Gasteiger partial charge in [0, 0.05) is 13.2 Å². The van der Waals surface area contributed by atoms with Crippen LogP contribution in [0.1, 0.15) is 52.4 Å². The minimum absolute atomic E-state index is 0.0987. The summed E-state index contributed by atoms with van der Waals surface area (Å²) in [5.74, 6) is 0.614. The maximum atomic E-state index is 11.5. The predicted molar refractivity (Wildman–Crippen MR) is 71.3 cm³/mol. The number of nitrogens with one attached hydrogen (secondary N) is 1. The van der Waals surface area contributed by atoms with Crippen molar-refractivity contribution in [1.29, 1.82) is 0 Å². The molecule has 1 aliphatic carbocycles. The van der Waals surface area contributed by atoms with Crippen molar-refractivity contribution in [3.05, 3.63) is 0 Å². The molecule has 0 saturated heterocycles. The van der Waals surface area contributed by atoms with Gasteiger partial charge in [0.1, 0.15) is 6.61 Å².